The van der Waals surface area contributed by atoms with Crippen LogP contribution < -0.4 is 0 Å². The van der Waals surface area contributed by atoms with E-state index in [0.717, 1.165) is 0 Å². The Hall–Kier alpha value is 0.242. The molecule has 0 aromatic rings. The Morgan fingerprint density at radius 3 is 0.833 bits per heavy atom. The van der Waals surface area contributed by atoms with Crippen molar-refractivity contribution in [1.29, 1.82) is 0 Å². The monoisotopic (exact) mass is 120 g/mol. The van der Waals surface area contributed by atoms with Gasteiger partial charge in [-0.25, -0.2) is 0 Å². The Morgan fingerprint density at radius 1 is 0.833 bits per heavy atom. The molecule has 0 radical (unpaired) electrons. The SMILES string of the molecule is O.O.[F][Al]([F])[F]. The molecule has 0 heterocycles. The quantitative estimate of drug-likeness (QED) is 0.377. The number of rotatable bonds is 0. The predicted octanol–water partition coefficient (Wildman–Crippen LogP) is -0.770. The van der Waals surface area contributed by atoms with Gasteiger partial charge in [0, 0.05) is 0 Å². The van der Waals surface area contributed by atoms with Crippen molar-refractivity contribution in [2.45, 2.75) is 0 Å². The molecule has 0 fully saturated rings. The van der Waals surface area contributed by atoms with Gasteiger partial charge < -0.3 is 21.5 Å². The van der Waals surface area contributed by atoms with Crippen LogP contribution in [0.1, 0.15) is 0 Å². The van der Waals surface area contributed by atoms with Crippen LogP contribution in [0.25, 0.3) is 0 Å². The molecule has 0 aliphatic rings. The summed E-state index contributed by atoms with van der Waals surface area (Å²) < 4.78 is 29.4. The van der Waals surface area contributed by atoms with Gasteiger partial charge in [-0.15, -0.1) is 0 Å². The number of hydrogen-bond donors (Lipinski definition) is 0. The summed E-state index contributed by atoms with van der Waals surface area (Å²) in [6, 6.07) is 0. The normalized spacial score (nSPS) is 4.50. The fraction of sp³-hybridized carbons (Fsp3) is 0. The lowest BCUT2D eigenvalue weighted by atomic mass is 16.0. The van der Waals surface area contributed by atoms with Crippen molar-refractivity contribution in [1.82, 2.24) is 0 Å². The first kappa shape index (κ1) is 16.3. The lowest BCUT2D eigenvalue weighted by Crippen LogP contribution is -1.76. The molecule has 0 saturated carbocycles. The van der Waals surface area contributed by atoms with E-state index in [9.17, 15) is 10.6 Å². The lowest BCUT2D eigenvalue weighted by Gasteiger charge is -1.52. The second-order valence-corrected chi connectivity index (χ2v) is 0.742. The van der Waals surface area contributed by atoms with E-state index in [4.69, 9.17) is 0 Å². The minimum atomic E-state index is -4.64. The first-order valence-electron chi connectivity index (χ1n) is 0.655. The summed E-state index contributed by atoms with van der Waals surface area (Å²) in [6.45, 7) is 0. The average molecular weight is 120 g/mol. The lowest BCUT2D eigenvalue weighted by molar-refractivity contribution is 0.535. The van der Waals surface area contributed by atoms with E-state index in [0.29, 0.717) is 0 Å². The standard InChI is InChI=1S/Al.3FH.2H2O/h;3*1H;2*1H2/q+3;;;;;/p-3. The van der Waals surface area contributed by atoms with Crippen LogP contribution in [-0.4, -0.2) is 26.5 Å². The summed E-state index contributed by atoms with van der Waals surface area (Å²) in [6.07, 6.45) is 0. The van der Waals surface area contributed by atoms with E-state index < -0.39 is 15.5 Å². The number of hydrogen-bond acceptors (Lipinski definition) is 0. The fourth-order valence-electron chi connectivity index (χ4n) is 0. The van der Waals surface area contributed by atoms with Crippen LogP contribution in [0.2, 0.25) is 0 Å². The molecule has 0 unspecified atom stereocenters. The van der Waals surface area contributed by atoms with Gasteiger partial charge in [-0.05, 0) is 0 Å². The Labute approximate surface area is 38.0 Å². The van der Waals surface area contributed by atoms with Crippen LogP contribution in [0.4, 0.5) is 10.6 Å². The van der Waals surface area contributed by atoms with Gasteiger partial charge in [0.15, 0.2) is 0 Å². The van der Waals surface area contributed by atoms with Gasteiger partial charge >= 0.3 is 15.5 Å². The van der Waals surface area contributed by atoms with E-state index >= 15 is 0 Å². The van der Waals surface area contributed by atoms with Gasteiger partial charge in [0.2, 0.25) is 0 Å². The molecule has 0 aliphatic heterocycles. The Balaban J connectivity index is -0.0000000450. The first-order chi connectivity index (χ1) is 1.73. The van der Waals surface area contributed by atoms with Gasteiger partial charge in [0.05, 0.1) is 0 Å². The maximum absolute atomic E-state index is 9.81. The highest BCUT2D eigenvalue weighted by molar-refractivity contribution is 6.33. The Kier molecular flexibility index (Phi) is 24.4. The molecule has 0 aromatic heterocycles. The highest BCUT2D eigenvalue weighted by Gasteiger charge is 2.21. The molecule has 0 rings (SSSR count). The van der Waals surface area contributed by atoms with Crippen LogP contribution >= 0.6 is 0 Å². The van der Waals surface area contributed by atoms with Gasteiger partial charge in [-0.2, -0.15) is 0 Å². The summed E-state index contributed by atoms with van der Waals surface area (Å²) in [5.74, 6) is 0. The van der Waals surface area contributed by atoms with E-state index in [1.54, 1.807) is 0 Å². The van der Waals surface area contributed by atoms with Crippen LogP contribution in [0.3, 0.4) is 0 Å². The van der Waals surface area contributed by atoms with E-state index in [1.807, 2.05) is 0 Å². The van der Waals surface area contributed by atoms with Crippen LogP contribution in [0, 0.1) is 0 Å². The molecule has 6 heteroatoms. The third-order valence-corrected chi connectivity index (χ3v) is 0. The molecule has 4 N–H and O–H groups in total. The summed E-state index contributed by atoms with van der Waals surface area (Å²) in [5, 5.41) is 0. The third-order valence-electron chi connectivity index (χ3n) is 0. The summed E-state index contributed by atoms with van der Waals surface area (Å²) in [5.41, 5.74) is 0. The zero-order valence-corrected chi connectivity index (χ0v) is 3.87. The minimum Gasteiger partial charge on any atom is -0.412 e. The van der Waals surface area contributed by atoms with Gasteiger partial charge in [-0.3, -0.25) is 0 Å². The van der Waals surface area contributed by atoms with Crippen molar-refractivity contribution >= 4 is 15.5 Å². The molecule has 2 nitrogen and oxygen atoms in total. The van der Waals surface area contributed by atoms with Crippen molar-refractivity contribution in [2.75, 3.05) is 0 Å². The first-order valence-corrected chi connectivity index (χ1v) is 1.96. The van der Waals surface area contributed by atoms with Crippen molar-refractivity contribution in [2.24, 2.45) is 0 Å². The molecule has 6 heavy (non-hydrogen) atoms. The van der Waals surface area contributed by atoms with Crippen molar-refractivity contribution < 1.29 is 21.5 Å². The average Bonchev–Trinajstić information content (AvgIpc) is 0.811. The second kappa shape index (κ2) is 8.97. The smallest absolute Gasteiger partial charge is 0.412 e. The van der Waals surface area contributed by atoms with E-state index in [1.165, 1.54) is 0 Å². The van der Waals surface area contributed by atoms with E-state index in [2.05, 4.69) is 0 Å². The molecule has 0 aromatic carbocycles. The van der Waals surface area contributed by atoms with Crippen LogP contribution in [0.15, 0.2) is 0 Å². The highest BCUT2D eigenvalue weighted by Crippen LogP contribution is 1.80. The largest absolute Gasteiger partial charge is 1.04 e. The Bertz CT molecular complexity index is 13.5. The second-order valence-electron chi connectivity index (χ2n) is 0.247. The van der Waals surface area contributed by atoms with Crippen molar-refractivity contribution in [3.05, 3.63) is 0 Å². The predicted molar refractivity (Wildman–Crippen MR) is 16.3 cm³/mol. The van der Waals surface area contributed by atoms with Crippen molar-refractivity contribution in [3.8, 4) is 0 Å². The minimum absolute atomic E-state index is 0. The Morgan fingerprint density at radius 2 is 0.833 bits per heavy atom. The topological polar surface area (TPSA) is 63.0 Å². The highest BCUT2D eigenvalue weighted by atomic mass is 27.3. The maximum atomic E-state index is 9.81. The summed E-state index contributed by atoms with van der Waals surface area (Å²) in [4.78, 5) is 0. The summed E-state index contributed by atoms with van der Waals surface area (Å²) >= 11 is -4.64. The molecular weight excluding hydrogens is 116 g/mol. The molecule has 0 atom stereocenters. The van der Waals surface area contributed by atoms with Crippen molar-refractivity contribution in [3.63, 3.8) is 0 Å². The van der Waals surface area contributed by atoms with Gasteiger partial charge in [0.25, 0.3) is 0 Å². The molecular formula is H4AlF3O2. The molecule has 0 bridgehead atoms. The molecule has 0 aliphatic carbocycles. The molecule has 0 saturated heterocycles. The third kappa shape index (κ3) is 759. The zero-order valence-electron chi connectivity index (χ0n) is 2.71. The zero-order chi connectivity index (χ0) is 3.58. The maximum Gasteiger partial charge on any atom is 1.04 e. The number of halogens is 3. The summed E-state index contributed by atoms with van der Waals surface area (Å²) in [7, 11) is 0. The molecule has 0 amide bonds. The van der Waals surface area contributed by atoms with Gasteiger partial charge in [0.1, 0.15) is 0 Å². The van der Waals surface area contributed by atoms with Gasteiger partial charge in [-0.1, -0.05) is 0 Å². The van der Waals surface area contributed by atoms with E-state index in [-0.39, 0.29) is 11.0 Å². The van der Waals surface area contributed by atoms with Crippen LogP contribution in [0.5, 0.6) is 0 Å². The van der Waals surface area contributed by atoms with Crippen LogP contribution in [-0.2, 0) is 0 Å². The molecule has 40 valence electrons. The fourth-order valence-corrected chi connectivity index (χ4v) is 0. The molecule has 0 spiro atoms.